The van der Waals surface area contributed by atoms with E-state index < -0.39 is 15.8 Å². The van der Waals surface area contributed by atoms with Gasteiger partial charge >= 0.3 is 5.97 Å². The Labute approximate surface area is 183 Å². The number of nitrogens with one attached hydrogen (secondary N) is 1. The fourth-order valence-corrected chi connectivity index (χ4v) is 6.53. The third kappa shape index (κ3) is 4.49. The third-order valence-corrected chi connectivity index (χ3v) is 8.37. The number of hydrogen-bond acceptors (Lipinski definition) is 5. The summed E-state index contributed by atoms with van der Waals surface area (Å²) in [4.78, 5) is 30.6. The minimum Gasteiger partial charge on any atom is -0.452 e. The van der Waals surface area contributed by atoms with Gasteiger partial charge < -0.3 is 14.6 Å². The van der Waals surface area contributed by atoms with E-state index in [9.17, 15) is 18.0 Å². The number of hydrogen-bond donors (Lipinski definition) is 1. The Morgan fingerprint density at radius 1 is 1.26 bits per heavy atom. The highest BCUT2D eigenvalue weighted by Gasteiger charge is 2.36. The Balaban J connectivity index is 1.46. The van der Waals surface area contributed by atoms with E-state index in [2.05, 4.69) is 4.98 Å². The predicted molar refractivity (Wildman–Crippen MR) is 119 cm³/mol. The Bertz CT molecular complexity index is 1100. The first-order valence-corrected chi connectivity index (χ1v) is 12.9. The monoisotopic (exact) mass is 446 g/mol. The van der Waals surface area contributed by atoms with Crippen LogP contribution in [-0.4, -0.2) is 60.4 Å². The molecule has 1 aliphatic heterocycles. The van der Waals surface area contributed by atoms with E-state index in [1.807, 2.05) is 26.0 Å². The van der Waals surface area contributed by atoms with E-state index in [0.29, 0.717) is 18.4 Å². The number of ether oxygens (including phenoxy) is 1. The van der Waals surface area contributed by atoms with Crippen molar-refractivity contribution in [1.82, 2.24) is 9.88 Å². The van der Waals surface area contributed by atoms with Crippen molar-refractivity contribution in [2.75, 3.05) is 18.1 Å². The molecule has 1 N–H and O–H groups in total. The van der Waals surface area contributed by atoms with Crippen LogP contribution in [0, 0.1) is 0 Å². The van der Waals surface area contributed by atoms with Gasteiger partial charge in [0.15, 0.2) is 16.4 Å². The van der Waals surface area contributed by atoms with Crippen molar-refractivity contribution in [3.05, 3.63) is 35.0 Å². The van der Waals surface area contributed by atoms with Crippen molar-refractivity contribution < 1.29 is 22.7 Å². The maximum atomic E-state index is 12.9. The number of fused-ring (bicyclic) bond motifs is 3. The van der Waals surface area contributed by atoms with Crippen LogP contribution >= 0.6 is 0 Å². The van der Waals surface area contributed by atoms with E-state index in [1.54, 1.807) is 11.0 Å². The lowest BCUT2D eigenvalue weighted by Crippen LogP contribution is -2.48. The number of aromatic amines is 1. The zero-order valence-electron chi connectivity index (χ0n) is 18.1. The Morgan fingerprint density at radius 2 is 2.03 bits per heavy atom. The minimum absolute atomic E-state index is 0.0215. The lowest BCUT2D eigenvalue weighted by molar-refractivity contribution is -0.138. The van der Waals surface area contributed by atoms with Gasteiger partial charge in [0.1, 0.15) is 0 Å². The zero-order chi connectivity index (χ0) is 22.2. The minimum atomic E-state index is -3.12. The molecular weight excluding hydrogens is 416 g/mol. The van der Waals surface area contributed by atoms with Crippen LogP contribution in [-0.2, 0) is 32.2 Å². The molecule has 0 bridgehead atoms. The molecule has 0 spiro atoms. The SMILES string of the molecule is CCC(C)N(C(=O)COC(=O)c1ccc2[nH]c3c(c2c1)CCCC3)C1CCS(=O)(=O)C1. The summed E-state index contributed by atoms with van der Waals surface area (Å²) in [6.07, 6.45) is 5.48. The number of carbonyl (C=O) groups excluding carboxylic acids is 2. The molecule has 8 heteroatoms. The summed E-state index contributed by atoms with van der Waals surface area (Å²) in [5.74, 6) is -0.806. The fourth-order valence-electron chi connectivity index (χ4n) is 4.82. The molecule has 7 nitrogen and oxygen atoms in total. The molecule has 2 unspecified atom stereocenters. The Hall–Kier alpha value is -2.35. The van der Waals surface area contributed by atoms with Crippen LogP contribution in [0.1, 0.15) is 61.1 Å². The van der Waals surface area contributed by atoms with Gasteiger partial charge in [-0.2, -0.15) is 0 Å². The molecule has 1 aliphatic carbocycles. The summed E-state index contributed by atoms with van der Waals surface area (Å²) in [6.45, 7) is 3.46. The van der Waals surface area contributed by atoms with Gasteiger partial charge in [-0.15, -0.1) is 0 Å². The van der Waals surface area contributed by atoms with Crippen molar-refractivity contribution in [2.45, 2.75) is 64.5 Å². The van der Waals surface area contributed by atoms with Gasteiger partial charge in [-0.05, 0) is 69.2 Å². The highest BCUT2D eigenvalue weighted by atomic mass is 32.2. The fraction of sp³-hybridized carbons (Fsp3) is 0.565. The summed E-state index contributed by atoms with van der Waals surface area (Å²) in [5, 5.41) is 1.05. The number of aryl methyl sites for hydroxylation is 2. The van der Waals surface area contributed by atoms with Gasteiger partial charge in [-0.25, -0.2) is 13.2 Å². The average molecular weight is 447 g/mol. The number of nitrogens with zero attached hydrogens (tertiary/aromatic N) is 1. The summed E-state index contributed by atoms with van der Waals surface area (Å²) in [6, 6.07) is 4.98. The first-order valence-electron chi connectivity index (χ1n) is 11.1. The average Bonchev–Trinajstić information content (AvgIpc) is 3.30. The van der Waals surface area contributed by atoms with E-state index in [0.717, 1.165) is 30.2 Å². The van der Waals surface area contributed by atoms with Crippen molar-refractivity contribution in [3.8, 4) is 0 Å². The van der Waals surface area contributed by atoms with Crippen LogP contribution in [0.25, 0.3) is 10.9 Å². The van der Waals surface area contributed by atoms with Crippen LogP contribution in [0.5, 0.6) is 0 Å². The molecule has 2 aliphatic rings. The summed E-state index contributed by atoms with van der Waals surface area (Å²) in [5.41, 5.74) is 3.96. The quantitative estimate of drug-likeness (QED) is 0.688. The predicted octanol–water partition coefficient (Wildman–Crippen LogP) is 3.02. The molecular formula is C23H30N2O5S. The Kier molecular flexibility index (Phi) is 6.10. The smallest absolute Gasteiger partial charge is 0.338 e. The van der Waals surface area contributed by atoms with Crippen LogP contribution in [0.3, 0.4) is 0 Å². The maximum absolute atomic E-state index is 12.9. The number of aromatic nitrogens is 1. The molecule has 2 aromatic rings. The van der Waals surface area contributed by atoms with Crippen LogP contribution in [0.15, 0.2) is 18.2 Å². The molecule has 1 aromatic carbocycles. The molecule has 168 valence electrons. The van der Waals surface area contributed by atoms with E-state index in [1.165, 1.54) is 17.7 Å². The number of esters is 1. The molecule has 1 saturated heterocycles. The van der Waals surface area contributed by atoms with Crippen molar-refractivity contribution in [1.29, 1.82) is 0 Å². The molecule has 4 rings (SSSR count). The van der Waals surface area contributed by atoms with Gasteiger partial charge in [0, 0.05) is 28.7 Å². The van der Waals surface area contributed by atoms with E-state index in [4.69, 9.17) is 4.74 Å². The first kappa shape index (κ1) is 21.9. The summed E-state index contributed by atoms with van der Waals surface area (Å²) in [7, 11) is -3.12. The second kappa shape index (κ2) is 8.65. The van der Waals surface area contributed by atoms with Crippen molar-refractivity contribution >= 4 is 32.6 Å². The molecule has 31 heavy (non-hydrogen) atoms. The molecule has 1 fully saturated rings. The topological polar surface area (TPSA) is 96.5 Å². The molecule has 1 amide bonds. The molecule has 0 radical (unpaired) electrons. The van der Waals surface area contributed by atoms with Crippen LogP contribution < -0.4 is 0 Å². The van der Waals surface area contributed by atoms with E-state index >= 15 is 0 Å². The largest absolute Gasteiger partial charge is 0.452 e. The van der Waals surface area contributed by atoms with Crippen LogP contribution in [0.4, 0.5) is 0 Å². The molecule has 0 saturated carbocycles. The first-order chi connectivity index (χ1) is 14.8. The Morgan fingerprint density at radius 3 is 2.74 bits per heavy atom. The number of rotatable bonds is 6. The standard InChI is InChI=1S/C23H30N2O5S/c1-3-15(2)25(17-10-11-31(28,29)14-17)22(26)13-30-23(27)16-8-9-21-19(12-16)18-6-4-5-7-20(18)24-21/h8-9,12,15,17,24H,3-7,10-11,13-14H2,1-2H3. The second-order valence-electron chi connectivity index (χ2n) is 8.74. The van der Waals surface area contributed by atoms with Gasteiger partial charge in [-0.1, -0.05) is 6.92 Å². The number of carbonyl (C=O) groups is 2. The van der Waals surface area contributed by atoms with Gasteiger partial charge in [0.05, 0.1) is 17.1 Å². The maximum Gasteiger partial charge on any atom is 0.338 e. The summed E-state index contributed by atoms with van der Waals surface area (Å²) >= 11 is 0. The van der Waals surface area contributed by atoms with Gasteiger partial charge in [0.2, 0.25) is 0 Å². The van der Waals surface area contributed by atoms with Crippen molar-refractivity contribution in [3.63, 3.8) is 0 Å². The summed E-state index contributed by atoms with van der Waals surface area (Å²) < 4.78 is 29.1. The number of H-pyrrole nitrogens is 1. The normalized spacial score (nSPS) is 20.9. The zero-order valence-corrected chi connectivity index (χ0v) is 19.0. The van der Waals surface area contributed by atoms with Crippen molar-refractivity contribution in [2.24, 2.45) is 0 Å². The third-order valence-electron chi connectivity index (χ3n) is 6.62. The number of benzene rings is 1. The second-order valence-corrected chi connectivity index (χ2v) is 11.0. The van der Waals surface area contributed by atoms with E-state index in [-0.39, 0.29) is 36.1 Å². The van der Waals surface area contributed by atoms with Crippen LogP contribution in [0.2, 0.25) is 0 Å². The number of amides is 1. The molecule has 2 atom stereocenters. The molecule has 2 heterocycles. The lowest BCUT2D eigenvalue weighted by atomic mass is 9.95. The highest BCUT2D eigenvalue weighted by molar-refractivity contribution is 7.91. The lowest BCUT2D eigenvalue weighted by Gasteiger charge is -2.33. The van der Waals surface area contributed by atoms with Gasteiger partial charge in [-0.3, -0.25) is 4.79 Å². The van der Waals surface area contributed by atoms with Gasteiger partial charge in [0.25, 0.3) is 5.91 Å². The molecule has 1 aromatic heterocycles. The highest BCUT2D eigenvalue weighted by Crippen LogP contribution is 2.30. The number of sulfone groups is 1.